The van der Waals surface area contributed by atoms with Crippen molar-refractivity contribution in [2.24, 2.45) is 5.41 Å². The van der Waals surface area contributed by atoms with E-state index in [0.717, 1.165) is 5.75 Å². The lowest BCUT2D eigenvalue weighted by Gasteiger charge is -2.39. The van der Waals surface area contributed by atoms with Gasteiger partial charge in [0.15, 0.2) is 0 Å². The first-order valence-electron chi connectivity index (χ1n) is 7.04. The molecule has 1 aromatic heterocycles. The fraction of sp³-hybridized carbons (Fsp3) is 0.500. The molecule has 0 saturated carbocycles. The van der Waals surface area contributed by atoms with Crippen LogP contribution in [0.2, 0.25) is 0 Å². The summed E-state index contributed by atoms with van der Waals surface area (Å²) in [5.74, 6) is 0.752. The highest BCUT2D eigenvalue weighted by molar-refractivity contribution is 5.26. The summed E-state index contributed by atoms with van der Waals surface area (Å²) in [5, 5.41) is 15.1. The molecule has 0 aliphatic heterocycles. The third-order valence-electron chi connectivity index (χ3n) is 3.78. The first-order chi connectivity index (χ1) is 9.80. The molecule has 114 valence electrons. The van der Waals surface area contributed by atoms with Gasteiger partial charge in [-0.2, -0.15) is 5.10 Å². The summed E-state index contributed by atoms with van der Waals surface area (Å²) in [4.78, 5) is 3.92. The summed E-state index contributed by atoms with van der Waals surface area (Å²) >= 11 is 0. The van der Waals surface area contributed by atoms with Crippen LogP contribution in [0.5, 0.6) is 5.75 Å². The molecule has 0 amide bonds. The fourth-order valence-corrected chi connectivity index (χ4v) is 1.92. The molecule has 21 heavy (non-hydrogen) atoms. The summed E-state index contributed by atoms with van der Waals surface area (Å²) in [6.45, 7) is 8.52. The van der Waals surface area contributed by atoms with E-state index in [0.29, 0.717) is 6.54 Å². The van der Waals surface area contributed by atoms with Crippen molar-refractivity contribution in [2.45, 2.75) is 39.8 Å². The minimum atomic E-state index is -1.05. The number of hydrogen-bond donors (Lipinski definition) is 1. The molecule has 1 N–H and O–H groups in total. The molecule has 0 aliphatic carbocycles. The molecular weight excluding hydrogens is 266 g/mol. The lowest BCUT2D eigenvalue weighted by molar-refractivity contribution is -0.101. The van der Waals surface area contributed by atoms with Crippen molar-refractivity contribution in [3.05, 3.63) is 42.5 Å². The first kappa shape index (κ1) is 15.5. The van der Waals surface area contributed by atoms with Crippen molar-refractivity contribution in [3.8, 4) is 5.75 Å². The molecule has 5 nitrogen and oxygen atoms in total. The zero-order valence-corrected chi connectivity index (χ0v) is 13.1. The van der Waals surface area contributed by atoms with E-state index in [4.69, 9.17) is 4.74 Å². The Balaban J connectivity index is 2.11. The molecule has 5 heteroatoms. The molecule has 0 radical (unpaired) electrons. The average molecular weight is 289 g/mol. The van der Waals surface area contributed by atoms with Gasteiger partial charge in [-0.3, -0.25) is 0 Å². The lowest BCUT2D eigenvalue weighted by atomic mass is 9.77. The molecule has 1 unspecified atom stereocenters. The Morgan fingerprint density at radius 1 is 1.19 bits per heavy atom. The molecule has 0 aliphatic rings. The minimum Gasteiger partial charge on any atom is -0.490 e. The molecule has 0 bridgehead atoms. The number of ether oxygens (including phenoxy) is 1. The van der Waals surface area contributed by atoms with Gasteiger partial charge in [0.25, 0.3) is 0 Å². The van der Waals surface area contributed by atoms with Gasteiger partial charge in [0.1, 0.15) is 30.6 Å². The fourth-order valence-electron chi connectivity index (χ4n) is 1.92. The van der Waals surface area contributed by atoms with Crippen molar-refractivity contribution < 1.29 is 9.84 Å². The summed E-state index contributed by atoms with van der Waals surface area (Å²) in [6.07, 6.45) is 3.06. The summed E-state index contributed by atoms with van der Waals surface area (Å²) < 4.78 is 7.42. The van der Waals surface area contributed by atoms with Gasteiger partial charge in [0, 0.05) is 0 Å². The Hall–Kier alpha value is -1.88. The van der Waals surface area contributed by atoms with E-state index in [1.807, 2.05) is 52.0 Å². The molecule has 0 saturated heterocycles. The standard InChI is InChI=1S/C16H23N3O2/c1-13-5-7-14(8-6-13)21-10-16(20,15(2,3)4)9-19-12-17-11-18-19/h5-8,11-12,20H,9-10H2,1-4H3. The second-order valence-corrected chi connectivity index (χ2v) is 6.48. The Morgan fingerprint density at radius 2 is 1.86 bits per heavy atom. The van der Waals surface area contributed by atoms with Gasteiger partial charge in [-0.15, -0.1) is 0 Å². The van der Waals surface area contributed by atoms with Gasteiger partial charge in [0.2, 0.25) is 0 Å². The molecule has 2 rings (SSSR count). The molecule has 2 aromatic rings. The monoisotopic (exact) mass is 289 g/mol. The van der Waals surface area contributed by atoms with Crippen LogP contribution in [-0.4, -0.2) is 32.1 Å². The Kier molecular flexibility index (Phi) is 4.32. The lowest BCUT2D eigenvalue weighted by Crippen LogP contribution is -2.51. The van der Waals surface area contributed by atoms with Crippen LogP contribution in [0.1, 0.15) is 26.3 Å². The van der Waals surface area contributed by atoms with Crippen LogP contribution in [0, 0.1) is 12.3 Å². The average Bonchev–Trinajstić information content (AvgIpc) is 2.89. The van der Waals surface area contributed by atoms with Crippen LogP contribution in [0.3, 0.4) is 0 Å². The summed E-state index contributed by atoms with van der Waals surface area (Å²) in [7, 11) is 0. The van der Waals surface area contributed by atoms with Crippen LogP contribution in [0.15, 0.2) is 36.9 Å². The zero-order valence-electron chi connectivity index (χ0n) is 13.1. The number of benzene rings is 1. The number of aliphatic hydroxyl groups is 1. The molecule has 1 heterocycles. The largest absolute Gasteiger partial charge is 0.490 e. The quantitative estimate of drug-likeness (QED) is 0.918. The van der Waals surface area contributed by atoms with E-state index >= 15 is 0 Å². The summed E-state index contributed by atoms with van der Waals surface area (Å²) in [6, 6.07) is 7.80. The second-order valence-electron chi connectivity index (χ2n) is 6.48. The second kappa shape index (κ2) is 5.85. The van der Waals surface area contributed by atoms with E-state index in [2.05, 4.69) is 10.1 Å². The Bertz CT molecular complexity index is 558. The van der Waals surface area contributed by atoms with Crippen LogP contribution in [0.25, 0.3) is 0 Å². The van der Waals surface area contributed by atoms with Crippen molar-refractivity contribution in [2.75, 3.05) is 6.61 Å². The maximum absolute atomic E-state index is 11.0. The van der Waals surface area contributed by atoms with E-state index in [1.165, 1.54) is 11.9 Å². The van der Waals surface area contributed by atoms with E-state index in [-0.39, 0.29) is 12.0 Å². The van der Waals surface area contributed by atoms with Gasteiger partial charge >= 0.3 is 0 Å². The van der Waals surface area contributed by atoms with Gasteiger partial charge < -0.3 is 9.84 Å². The topological polar surface area (TPSA) is 60.2 Å². The van der Waals surface area contributed by atoms with Crippen molar-refractivity contribution in [1.82, 2.24) is 14.8 Å². The van der Waals surface area contributed by atoms with E-state index < -0.39 is 5.60 Å². The van der Waals surface area contributed by atoms with Gasteiger partial charge in [-0.25, -0.2) is 9.67 Å². The molecule has 0 spiro atoms. The molecular formula is C16H23N3O2. The Morgan fingerprint density at radius 3 is 2.38 bits per heavy atom. The molecule has 1 atom stereocenters. The predicted molar refractivity (Wildman–Crippen MR) is 81.1 cm³/mol. The van der Waals surface area contributed by atoms with Crippen molar-refractivity contribution in [1.29, 1.82) is 0 Å². The maximum Gasteiger partial charge on any atom is 0.137 e. The van der Waals surface area contributed by atoms with Crippen LogP contribution >= 0.6 is 0 Å². The van der Waals surface area contributed by atoms with E-state index in [9.17, 15) is 5.11 Å². The number of hydrogen-bond acceptors (Lipinski definition) is 4. The normalized spacial score (nSPS) is 14.7. The summed E-state index contributed by atoms with van der Waals surface area (Å²) in [5.41, 5.74) is -0.231. The Labute approximate surface area is 125 Å². The van der Waals surface area contributed by atoms with Crippen LogP contribution < -0.4 is 4.74 Å². The highest BCUT2D eigenvalue weighted by atomic mass is 16.5. The highest BCUT2D eigenvalue weighted by Gasteiger charge is 2.41. The number of rotatable bonds is 5. The van der Waals surface area contributed by atoms with Crippen molar-refractivity contribution in [3.63, 3.8) is 0 Å². The SMILES string of the molecule is Cc1ccc(OCC(O)(Cn2cncn2)C(C)(C)C)cc1. The van der Waals surface area contributed by atoms with Crippen molar-refractivity contribution >= 4 is 0 Å². The third-order valence-corrected chi connectivity index (χ3v) is 3.78. The van der Waals surface area contributed by atoms with Gasteiger partial charge in [-0.05, 0) is 24.5 Å². The first-order valence-corrected chi connectivity index (χ1v) is 7.04. The predicted octanol–water partition coefficient (Wildman–Crippen LogP) is 2.44. The maximum atomic E-state index is 11.0. The smallest absolute Gasteiger partial charge is 0.137 e. The minimum absolute atomic E-state index is 0.194. The number of nitrogens with zero attached hydrogens (tertiary/aromatic N) is 3. The number of aromatic nitrogens is 3. The van der Waals surface area contributed by atoms with Crippen LogP contribution in [0.4, 0.5) is 0 Å². The third kappa shape index (κ3) is 3.82. The number of aryl methyl sites for hydroxylation is 1. The van der Waals surface area contributed by atoms with Crippen LogP contribution in [-0.2, 0) is 6.54 Å². The van der Waals surface area contributed by atoms with Gasteiger partial charge in [-0.1, -0.05) is 38.5 Å². The van der Waals surface area contributed by atoms with Gasteiger partial charge in [0.05, 0.1) is 6.54 Å². The zero-order chi connectivity index (χ0) is 15.5. The van der Waals surface area contributed by atoms with E-state index in [1.54, 1.807) is 11.0 Å². The molecule has 1 aromatic carbocycles. The molecule has 0 fully saturated rings. The highest BCUT2D eigenvalue weighted by Crippen LogP contribution is 2.32.